The molecule has 1 N–H and O–H groups in total. The van der Waals surface area contributed by atoms with Gasteiger partial charge in [0.05, 0.1) is 19.2 Å². The summed E-state index contributed by atoms with van der Waals surface area (Å²) in [5.41, 5.74) is 0.465. The molecule has 0 aliphatic carbocycles. The third-order valence-electron chi connectivity index (χ3n) is 2.96. The number of esters is 1. The summed E-state index contributed by atoms with van der Waals surface area (Å²) in [6.45, 7) is 6.00. The minimum absolute atomic E-state index is 0.361. The van der Waals surface area contributed by atoms with Gasteiger partial charge in [-0.25, -0.2) is 4.79 Å². The van der Waals surface area contributed by atoms with Crippen LogP contribution in [0.25, 0.3) is 0 Å². The Morgan fingerprint density at radius 2 is 2.18 bits per heavy atom. The predicted molar refractivity (Wildman–Crippen MR) is 65.8 cm³/mol. The maximum atomic E-state index is 11.2. The molecule has 4 heteroatoms. The van der Waals surface area contributed by atoms with Gasteiger partial charge in [-0.05, 0) is 18.5 Å². The van der Waals surface area contributed by atoms with Crippen LogP contribution in [0.15, 0.2) is 16.7 Å². The lowest BCUT2D eigenvalue weighted by atomic mass is 10.0. The van der Waals surface area contributed by atoms with Crippen molar-refractivity contribution >= 4 is 5.97 Å². The van der Waals surface area contributed by atoms with Crippen molar-refractivity contribution in [3.63, 3.8) is 0 Å². The molecule has 0 amide bonds. The Labute approximate surface area is 102 Å². The van der Waals surface area contributed by atoms with E-state index in [-0.39, 0.29) is 5.97 Å². The van der Waals surface area contributed by atoms with Crippen LogP contribution >= 0.6 is 0 Å². The fraction of sp³-hybridized carbons (Fsp3) is 0.615. The second kappa shape index (κ2) is 7.12. The molecule has 0 fully saturated rings. The van der Waals surface area contributed by atoms with Gasteiger partial charge in [-0.2, -0.15) is 0 Å². The van der Waals surface area contributed by atoms with Crippen molar-refractivity contribution < 1.29 is 13.9 Å². The predicted octanol–water partition coefficient (Wildman–Crippen LogP) is 2.59. The molecule has 0 atom stereocenters. The lowest BCUT2D eigenvalue weighted by Crippen LogP contribution is -2.21. The number of hydrogen-bond donors (Lipinski definition) is 1. The third kappa shape index (κ3) is 4.23. The highest BCUT2D eigenvalue weighted by Gasteiger charge is 2.10. The highest BCUT2D eigenvalue weighted by molar-refractivity contribution is 5.88. The van der Waals surface area contributed by atoms with E-state index < -0.39 is 0 Å². The highest BCUT2D eigenvalue weighted by atomic mass is 16.5. The average Bonchev–Trinajstić information content (AvgIpc) is 2.82. The van der Waals surface area contributed by atoms with Gasteiger partial charge in [0.2, 0.25) is 0 Å². The topological polar surface area (TPSA) is 51.5 Å². The summed E-state index contributed by atoms with van der Waals surface area (Å²) in [5.74, 6) is 1.10. The SMILES string of the molecule is CCC(CC)CNCc1cc(C(=O)OC)co1. The molecule has 1 aromatic rings. The first kappa shape index (κ1) is 13.8. The summed E-state index contributed by atoms with van der Waals surface area (Å²) in [4.78, 5) is 11.2. The number of methoxy groups -OCH3 is 1. The van der Waals surface area contributed by atoms with Gasteiger partial charge in [-0.3, -0.25) is 0 Å². The summed E-state index contributed by atoms with van der Waals surface area (Å²) < 4.78 is 9.88. The molecule has 1 rings (SSSR count). The van der Waals surface area contributed by atoms with Crippen molar-refractivity contribution in [3.8, 4) is 0 Å². The van der Waals surface area contributed by atoms with Crippen LogP contribution in [0.2, 0.25) is 0 Å². The summed E-state index contributed by atoms with van der Waals surface area (Å²) >= 11 is 0. The van der Waals surface area contributed by atoms with E-state index in [1.807, 2.05) is 0 Å². The highest BCUT2D eigenvalue weighted by Crippen LogP contribution is 2.10. The zero-order valence-corrected chi connectivity index (χ0v) is 10.8. The van der Waals surface area contributed by atoms with E-state index in [9.17, 15) is 4.79 Å². The van der Waals surface area contributed by atoms with E-state index in [2.05, 4.69) is 23.9 Å². The molecule has 0 saturated carbocycles. The van der Waals surface area contributed by atoms with E-state index in [1.54, 1.807) is 6.07 Å². The first-order valence-electron chi connectivity index (χ1n) is 6.07. The first-order valence-corrected chi connectivity index (χ1v) is 6.07. The van der Waals surface area contributed by atoms with E-state index in [0.29, 0.717) is 18.0 Å². The number of carbonyl (C=O) groups is 1. The van der Waals surface area contributed by atoms with Crippen molar-refractivity contribution in [2.24, 2.45) is 5.92 Å². The molecule has 0 aliphatic rings. The second-order valence-electron chi connectivity index (χ2n) is 4.11. The van der Waals surface area contributed by atoms with E-state index in [0.717, 1.165) is 12.3 Å². The molecule has 0 aromatic carbocycles. The Hall–Kier alpha value is -1.29. The quantitative estimate of drug-likeness (QED) is 0.743. The molecular weight excluding hydrogens is 218 g/mol. The van der Waals surface area contributed by atoms with Gasteiger partial charge in [0.25, 0.3) is 0 Å². The Morgan fingerprint density at radius 1 is 1.47 bits per heavy atom. The van der Waals surface area contributed by atoms with Gasteiger partial charge in [-0.15, -0.1) is 0 Å². The second-order valence-corrected chi connectivity index (χ2v) is 4.11. The fourth-order valence-corrected chi connectivity index (χ4v) is 1.68. The molecule has 1 aromatic heterocycles. The monoisotopic (exact) mass is 239 g/mol. The summed E-state index contributed by atoms with van der Waals surface area (Å²) in [7, 11) is 1.36. The van der Waals surface area contributed by atoms with E-state index in [4.69, 9.17) is 4.42 Å². The largest absolute Gasteiger partial charge is 0.467 e. The van der Waals surface area contributed by atoms with Crippen molar-refractivity contribution in [2.45, 2.75) is 33.2 Å². The molecule has 96 valence electrons. The standard InChI is InChI=1S/C13H21NO3/c1-4-10(5-2)7-14-8-12-6-11(9-17-12)13(15)16-3/h6,9-10,14H,4-5,7-8H2,1-3H3. The Balaban J connectivity index is 2.37. The summed E-state index contributed by atoms with van der Waals surface area (Å²) in [6.07, 6.45) is 3.78. The van der Waals surface area contributed by atoms with E-state index in [1.165, 1.54) is 26.2 Å². The van der Waals surface area contributed by atoms with Crippen LogP contribution in [-0.4, -0.2) is 19.6 Å². The lowest BCUT2D eigenvalue weighted by Gasteiger charge is -2.12. The molecule has 0 radical (unpaired) electrons. The Kier molecular flexibility index (Phi) is 5.77. The number of carbonyl (C=O) groups excluding carboxylic acids is 1. The van der Waals surface area contributed by atoms with Crippen LogP contribution in [0.4, 0.5) is 0 Å². The molecule has 0 aliphatic heterocycles. The maximum Gasteiger partial charge on any atom is 0.341 e. The van der Waals surface area contributed by atoms with Gasteiger partial charge in [-0.1, -0.05) is 26.7 Å². The van der Waals surface area contributed by atoms with Crippen LogP contribution < -0.4 is 5.32 Å². The smallest absolute Gasteiger partial charge is 0.341 e. The molecule has 4 nitrogen and oxygen atoms in total. The number of rotatable bonds is 7. The summed E-state index contributed by atoms with van der Waals surface area (Å²) in [6, 6.07) is 1.71. The third-order valence-corrected chi connectivity index (χ3v) is 2.96. The molecule has 17 heavy (non-hydrogen) atoms. The minimum Gasteiger partial charge on any atom is -0.467 e. The van der Waals surface area contributed by atoms with Crippen molar-refractivity contribution in [2.75, 3.05) is 13.7 Å². The molecule has 1 heterocycles. The number of furan rings is 1. The lowest BCUT2D eigenvalue weighted by molar-refractivity contribution is 0.0600. The number of hydrogen-bond acceptors (Lipinski definition) is 4. The fourth-order valence-electron chi connectivity index (χ4n) is 1.68. The molecule has 0 unspecified atom stereocenters. The van der Waals surface area contributed by atoms with Crippen LogP contribution in [0, 0.1) is 5.92 Å². The zero-order chi connectivity index (χ0) is 12.7. The van der Waals surface area contributed by atoms with Crippen molar-refractivity contribution in [1.82, 2.24) is 5.32 Å². The van der Waals surface area contributed by atoms with Gasteiger partial charge in [0, 0.05) is 0 Å². The molecule has 0 spiro atoms. The van der Waals surface area contributed by atoms with Crippen molar-refractivity contribution in [1.29, 1.82) is 0 Å². The van der Waals surface area contributed by atoms with Gasteiger partial charge in [0.15, 0.2) is 0 Å². The summed E-state index contributed by atoms with van der Waals surface area (Å²) in [5, 5.41) is 3.33. The van der Waals surface area contributed by atoms with Crippen LogP contribution in [-0.2, 0) is 11.3 Å². The van der Waals surface area contributed by atoms with Gasteiger partial charge < -0.3 is 14.5 Å². The molecule has 0 saturated heterocycles. The number of nitrogens with one attached hydrogen (secondary N) is 1. The van der Waals surface area contributed by atoms with Crippen LogP contribution in [0.3, 0.4) is 0 Å². The van der Waals surface area contributed by atoms with Crippen LogP contribution in [0.1, 0.15) is 42.8 Å². The first-order chi connectivity index (χ1) is 8.21. The molecular formula is C13H21NO3. The van der Waals surface area contributed by atoms with Gasteiger partial charge in [0.1, 0.15) is 12.0 Å². The molecule has 0 bridgehead atoms. The van der Waals surface area contributed by atoms with E-state index >= 15 is 0 Å². The normalized spacial score (nSPS) is 10.8. The maximum absolute atomic E-state index is 11.2. The van der Waals surface area contributed by atoms with Gasteiger partial charge >= 0.3 is 5.97 Å². The average molecular weight is 239 g/mol. The number of ether oxygens (including phenoxy) is 1. The van der Waals surface area contributed by atoms with Crippen molar-refractivity contribution in [3.05, 3.63) is 23.7 Å². The zero-order valence-electron chi connectivity index (χ0n) is 10.8. The van der Waals surface area contributed by atoms with Crippen LogP contribution in [0.5, 0.6) is 0 Å². The Bertz CT molecular complexity index is 342. The Morgan fingerprint density at radius 3 is 2.76 bits per heavy atom. The minimum atomic E-state index is -0.361.